The third kappa shape index (κ3) is 6.88. The number of pyridine rings is 1. The van der Waals surface area contributed by atoms with E-state index in [9.17, 15) is 34.8 Å². The highest BCUT2D eigenvalue weighted by atomic mass is 32.2. The van der Waals surface area contributed by atoms with Crippen LogP contribution in [0.1, 0.15) is 24.0 Å². The van der Waals surface area contributed by atoms with Gasteiger partial charge in [0.05, 0.1) is 17.0 Å². The van der Waals surface area contributed by atoms with Crippen molar-refractivity contribution >= 4 is 26.6 Å². The van der Waals surface area contributed by atoms with Crippen molar-refractivity contribution in [2.75, 3.05) is 24.2 Å². The van der Waals surface area contributed by atoms with Crippen molar-refractivity contribution in [2.24, 2.45) is 0 Å². The molecule has 2 aromatic heterocycles. The van der Waals surface area contributed by atoms with Gasteiger partial charge in [0.15, 0.2) is 9.84 Å². The fraction of sp³-hybridized carbons (Fsp3) is 0.345. The second-order valence-corrected chi connectivity index (χ2v) is 12.5. The van der Waals surface area contributed by atoms with E-state index in [1.807, 2.05) is 0 Å². The minimum atomic E-state index is -6.08. The predicted molar refractivity (Wildman–Crippen MR) is 152 cm³/mol. The lowest BCUT2D eigenvalue weighted by Gasteiger charge is -2.23. The van der Waals surface area contributed by atoms with Crippen LogP contribution in [-0.2, 0) is 15.6 Å². The van der Waals surface area contributed by atoms with Crippen LogP contribution >= 0.6 is 0 Å². The van der Waals surface area contributed by atoms with Crippen LogP contribution in [0, 0.1) is 12.7 Å². The Kier molecular flexibility index (Phi) is 8.71. The summed E-state index contributed by atoms with van der Waals surface area (Å²) in [6.07, 6.45) is -1.05. The maximum absolute atomic E-state index is 14.9. The Morgan fingerprint density at radius 1 is 1.02 bits per heavy atom. The van der Waals surface area contributed by atoms with Gasteiger partial charge in [0.25, 0.3) is 0 Å². The van der Waals surface area contributed by atoms with Gasteiger partial charge in [0, 0.05) is 35.9 Å². The fourth-order valence-corrected chi connectivity index (χ4v) is 6.48. The number of piperidine rings is 1. The van der Waals surface area contributed by atoms with Gasteiger partial charge in [-0.25, -0.2) is 27.8 Å². The molecule has 1 aliphatic rings. The van der Waals surface area contributed by atoms with Crippen molar-refractivity contribution in [1.82, 2.24) is 20.3 Å². The molecule has 0 bridgehead atoms. The SMILES string of the molecule is Cc1ccc2c(CS(=O)(=O)CC(F)(F)C(F)(F)F)c(F)ccc2c1Oc1ncccc1-c1ccnc(N[C@H]2CCCNC2)n1. The summed E-state index contributed by atoms with van der Waals surface area (Å²) < 4.78 is 111. The van der Waals surface area contributed by atoms with E-state index >= 15 is 0 Å². The zero-order valence-electron chi connectivity index (χ0n) is 23.3. The van der Waals surface area contributed by atoms with Crippen LogP contribution in [-0.4, -0.2) is 60.4 Å². The van der Waals surface area contributed by atoms with Gasteiger partial charge in [0.2, 0.25) is 11.8 Å². The van der Waals surface area contributed by atoms with E-state index in [-0.39, 0.29) is 28.4 Å². The van der Waals surface area contributed by atoms with Crippen LogP contribution in [0.2, 0.25) is 0 Å². The number of aromatic nitrogens is 3. The molecule has 4 aromatic rings. The van der Waals surface area contributed by atoms with E-state index in [1.165, 1.54) is 24.4 Å². The Morgan fingerprint density at radius 3 is 2.52 bits per heavy atom. The van der Waals surface area contributed by atoms with E-state index in [4.69, 9.17) is 4.74 Å². The number of rotatable bonds is 9. The summed E-state index contributed by atoms with van der Waals surface area (Å²) in [5.74, 6) is -9.82. The monoisotopic (exact) mass is 639 g/mol. The molecule has 0 aliphatic carbocycles. The molecule has 0 amide bonds. The number of alkyl halides is 5. The van der Waals surface area contributed by atoms with Crippen molar-refractivity contribution < 1.29 is 39.5 Å². The van der Waals surface area contributed by atoms with Crippen molar-refractivity contribution in [3.05, 3.63) is 71.8 Å². The highest BCUT2D eigenvalue weighted by molar-refractivity contribution is 7.90. The first kappa shape index (κ1) is 31.4. The average Bonchev–Trinajstić information content (AvgIpc) is 2.96. The summed E-state index contributed by atoms with van der Waals surface area (Å²) >= 11 is 0. The highest BCUT2D eigenvalue weighted by Crippen LogP contribution is 2.40. The van der Waals surface area contributed by atoms with Gasteiger partial charge >= 0.3 is 12.1 Å². The molecule has 234 valence electrons. The summed E-state index contributed by atoms with van der Waals surface area (Å²) in [5, 5.41) is 6.78. The molecule has 5 rings (SSSR count). The maximum atomic E-state index is 14.9. The number of sulfone groups is 1. The highest BCUT2D eigenvalue weighted by Gasteiger charge is 2.59. The predicted octanol–water partition coefficient (Wildman–Crippen LogP) is 6.21. The van der Waals surface area contributed by atoms with Gasteiger partial charge in [0.1, 0.15) is 17.3 Å². The first-order valence-electron chi connectivity index (χ1n) is 13.5. The van der Waals surface area contributed by atoms with Gasteiger partial charge < -0.3 is 15.4 Å². The normalized spacial score (nSPS) is 16.2. The number of hydrogen-bond donors (Lipinski definition) is 2. The summed E-state index contributed by atoms with van der Waals surface area (Å²) in [4.78, 5) is 13.2. The Bertz CT molecular complexity index is 1780. The number of benzene rings is 2. The lowest BCUT2D eigenvalue weighted by atomic mass is 10.0. The second-order valence-electron chi connectivity index (χ2n) is 10.5. The van der Waals surface area contributed by atoms with Crippen LogP contribution < -0.4 is 15.4 Å². The Balaban J connectivity index is 1.49. The van der Waals surface area contributed by atoms with Crippen molar-refractivity contribution in [1.29, 1.82) is 0 Å². The summed E-state index contributed by atoms with van der Waals surface area (Å²) in [5.41, 5.74) is 0.939. The number of anilines is 1. The second kappa shape index (κ2) is 12.2. The lowest BCUT2D eigenvalue weighted by Crippen LogP contribution is -2.43. The summed E-state index contributed by atoms with van der Waals surface area (Å²) in [6, 6.07) is 10.3. The Labute approximate surface area is 248 Å². The smallest absolute Gasteiger partial charge is 0.437 e. The number of nitrogens with one attached hydrogen (secondary N) is 2. The number of ether oxygens (including phenoxy) is 1. The molecule has 0 saturated carbocycles. The van der Waals surface area contributed by atoms with Crippen LogP contribution in [0.5, 0.6) is 11.6 Å². The standard InChI is InChI=1S/C29H27F6N5O3S/c1-17-6-7-19-20(8-9-23(30)22(19)15-44(41,42)16-28(31,32)29(33,34)35)25(17)43-26-21(5-3-12-37-26)24-10-13-38-27(40-24)39-18-4-2-11-36-14-18/h3,5-10,12-13,18,36H,2,4,11,14-16H2,1H3,(H,38,39,40)/t18-/m0/s1. The van der Waals surface area contributed by atoms with Gasteiger partial charge in [-0.1, -0.05) is 12.1 Å². The quantitative estimate of drug-likeness (QED) is 0.209. The number of aryl methyl sites for hydroxylation is 1. The molecule has 15 heteroatoms. The van der Waals surface area contributed by atoms with Crippen molar-refractivity contribution in [3.63, 3.8) is 0 Å². The summed E-state index contributed by atoms with van der Waals surface area (Å²) in [7, 11) is -5.12. The molecule has 1 aliphatic heterocycles. The average molecular weight is 640 g/mol. The van der Waals surface area contributed by atoms with Gasteiger partial charge in [-0.05, 0) is 67.6 Å². The van der Waals surface area contributed by atoms with Crippen LogP contribution in [0.25, 0.3) is 22.0 Å². The molecule has 3 heterocycles. The van der Waals surface area contributed by atoms with Gasteiger partial charge in [-0.2, -0.15) is 22.0 Å². The molecule has 44 heavy (non-hydrogen) atoms. The third-order valence-corrected chi connectivity index (χ3v) is 8.65. The number of hydrogen-bond acceptors (Lipinski definition) is 8. The molecular formula is C29H27F6N5O3S. The van der Waals surface area contributed by atoms with Gasteiger partial charge in [-0.3, -0.25) is 0 Å². The summed E-state index contributed by atoms with van der Waals surface area (Å²) in [6.45, 7) is 3.39. The van der Waals surface area contributed by atoms with E-state index in [0.717, 1.165) is 32.0 Å². The van der Waals surface area contributed by atoms with E-state index in [2.05, 4.69) is 25.6 Å². The van der Waals surface area contributed by atoms with Crippen LogP contribution in [0.3, 0.4) is 0 Å². The largest absolute Gasteiger partial charge is 0.454 e. The van der Waals surface area contributed by atoms with Crippen molar-refractivity contribution in [3.8, 4) is 22.9 Å². The first-order chi connectivity index (χ1) is 20.7. The topological polar surface area (TPSA) is 106 Å². The molecule has 1 saturated heterocycles. The minimum absolute atomic E-state index is 0.0309. The van der Waals surface area contributed by atoms with Crippen LogP contribution in [0.4, 0.5) is 32.3 Å². The molecule has 0 spiro atoms. The molecular weight excluding hydrogens is 612 g/mol. The molecule has 0 unspecified atom stereocenters. The van der Waals surface area contributed by atoms with E-state index in [1.54, 1.807) is 31.3 Å². The molecule has 1 atom stereocenters. The number of nitrogens with zero attached hydrogens (tertiary/aromatic N) is 3. The third-order valence-electron chi connectivity index (χ3n) is 7.11. The maximum Gasteiger partial charge on any atom is 0.454 e. The number of halogens is 6. The minimum Gasteiger partial charge on any atom is -0.437 e. The molecule has 0 radical (unpaired) electrons. The van der Waals surface area contributed by atoms with Crippen LogP contribution in [0.15, 0.2) is 54.9 Å². The molecule has 2 aromatic carbocycles. The van der Waals surface area contributed by atoms with Gasteiger partial charge in [-0.15, -0.1) is 0 Å². The Morgan fingerprint density at radius 2 is 1.80 bits per heavy atom. The molecule has 8 nitrogen and oxygen atoms in total. The van der Waals surface area contributed by atoms with E-state index in [0.29, 0.717) is 22.8 Å². The first-order valence-corrected chi connectivity index (χ1v) is 15.4. The zero-order chi connectivity index (χ0) is 31.7. The molecule has 2 N–H and O–H groups in total. The lowest BCUT2D eigenvalue weighted by molar-refractivity contribution is -0.271. The van der Waals surface area contributed by atoms with Crippen molar-refractivity contribution in [2.45, 2.75) is 43.7 Å². The fourth-order valence-electron chi connectivity index (χ4n) is 4.93. The van der Waals surface area contributed by atoms with E-state index < -0.39 is 44.8 Å². The zero-order valence-corrected chi connectivity index (χ0v) is 24.1. The molecule has 1 fully saturated rings. The Hall–Kier alpha value is -3.98. The number of fused-ring (bicyclic) bond motifs is 1.